The Morgan fingerprint density at radius 3 is 2.75 bits per heavy atom. The van der Waals surface area contributed by atoms with Crippen LogP contribution in [0.1, 0.15) is 28.3 Å². The average Bonchev–Trinajstić information content (AvgIpc) is 2.93. The van der Waals surface area contributed by atoms with Crippen molar-refractivity contribution in [3.8, 4) is 5.75 Å². The number of nitrogens with one attached hydrogen (secondary N) is 1. The van der Waals surface area contributed by atoms with Crippen LogP contribution >= 0.6 is 11.6 Å². The maximum absolute atomic E-state index is 6.22. The van der Waals surface area contributed by atoms with Gasteiger partial charge in [-0.05, 0) is 29.7 Å². The predicted molar refractivity (Wildman–Crippen MR) is 81.0 cm³/mol. The van der Waals surface area contributed by atoms with Gasteiger partial charge in [-0.15, -0.1) is 0 Å². The zero-order valence-corrected chi connectivity index (χ0v) is 12.1. The van der Waals surface area contributed by atoms with Crippen LogP contribution in [0.3, 0.4) is 0 Å². The number of nitrogens with two attached hydrogens (primary N) is 1. The fourth-order valence-electron chi connectivity index (χ4n) is 2.75. The van der Waals surface area contributed by atoms with Gasteiger partial charge >= 0.3 is 0 Å². The van der Waals surface area contributed by atoms with E-state index in [4.69, 9.17) is 22.2 Å². The van der Waals surface area contributed by atoms with Crippen molar-refractivity contribution in [2.24, 2.45) is 5.84 Å². The Kier molecular flexibility index (Phi) is 3.66. The van der Waals surface area contributed by atoms with Gasteiger partial charge in [-0.1, -0.05) is 41.9 Å². The highest BCUT2D eigenvalue weighted by molar-refractivity contribution is 6.31. The smallest absolute Gasteiger partial charge is 0.127 e. The Hall–Kier alpha value is -1.55. The van der Waals surface area contributed by atoms with Gasteiger partial charge in [0.15, 0.2) is 0 Å². The van der Waals surface area contributed by atoms with E-state index in [1.54, 1.807) is 0 Å². The van der Waals surface area contributed by atoms with Gasteiger partial charge in [0.2, 0.25) is 0 Å². The highest BCUT2D eigenvalue weighted by Crippen LogP contribution is 2.37. The van der Waals surface area contributed by atoms with E-state index < -0.39 is 0 Å². The molecule has 0 saturated heterocycles. The minimum absolute atomic E-state index is 0.123. The first-order valence-electron chi connectivity index (χ1n) is 6.68. The molecule has 1 aliphatic rings. The molecule has 3 N–H and O–H groups in total. The van der Waals surface area contributed by atoms with E-state index in [0.29, 0.717) is 0 Å². The lowest BCUT2D eigenvalue weighted by Gasteiger charge is -2.21. The third kappa shape index (κ3) is 2.18. The minimum atomic E-state index is -0.123. The summed E-state index contributed by atoms with van der Waals surface area (Å²) in [4.78, 5) is 0. The van der Waals surface area contributed by atoms with Gasteiger partial charge in [0.05, 0.1) is 12.6 Å². The molecule has 0 amide bonds. The summed E-state index contributed by atoms with van der Waals surface area (Å²) in [6.45, 7) is 2.74. The molecule has 1 heterocycles. The number of hydrazine groups is 1. The second-order valence-electron chi connectivity index (χ2n) is 4.99. The van der Waals surface area contributed by atoms with Crippen LogP contribution in [0.25, 0.3) is 0 Å². The Morgan fingerprint density at radius 2 is 1.95 bits per heavy atom. The van der Waals surface area contributed by atoms with Crippen molar-refractivity contribution in [2.75, 3.05) is 6.61 Å². The van der Waals surface area contributed by atoms with Gasteiger partial charge in [0.1, 0.15) is 5.75 Å². The molecule has 2 aromatic rings. The predicted octanol–water partition coefficient (Wildman–Crippen LogP) is 3.14. The van der Waals surface area contributed by atoms with Crippen molar-refractivity contribution in [2.45, 2.75) is 19.4 Å². The Morgan fingerprint density at radius 1 is 1.20 bits per heavy atom. The molecule has 2 aromatic carbocycles. The SMILES string of the molecule is Cc1c(Cl)cccc1C(NN)c1cccc2c1OCC2. The molecule has 1 unspecified atom stereocenters. The maximum atomic E-state index is 6.22. The molecule has 4 heteroatoms. The summed E-state index contributed by atoms with van der Waals surface area (Å²) < 4.78 is 5.78. The van der Waals surface area contributed by atoms with Crippen LogP contribution in [-0.2, 0) is 6.42 Å². The molecule has 0 radical (unpaired) electrons. The van der Waals surface area contributed by atoms with Crippen molar-refractivity contribution in [3.63, 3.8) is 0 Å². The molecule has 0 fully saturated rings. The Balaban J connectivity index is 2.11. The number of para-hydroxylation sites is 1. The van der Waals surface area contributed by atoms with Crippen molar-refractivity contribution in [1.29, 1.82) is 0 Å². The molecule has 0 spiro atoms. The number of hydrogen-bond acceptors (Lipinski definition) is 3. The lowest BCUT2D eigenvalue weighted by Crippen LogP contribution is -2.29. The summed E-state index contributed by atoms with van der Waals surface area (Å²) in [5.74, 6) is 6.75. The topological polar surface area (TPSA) is 47.3 Å². The molecule has 0 saturated carbocycles. The van der Waals surface area contributed by atoms with Crippen molar-refractivity contribution in [1.82, 2.24) is 5.43 Å². The number of halogens is 1. The number of ether oxygens (including phenoxy) is 1. The molecule has 0 bridgehead atoms. The number of hydrogen-bond donors (Lipinski definition) is 2. The quantitative estimate of drug-likeness (QED) is 0.674. The standard InChI is InChI=1S/C16H17ClN2O/c1-10-12(5-3-7-14(10)17)15(19-18)13-6-2-4-11-8-9-20-16(11)13/h2-7,15,19H,8-9,18H2,1H3. The Bertz CT molecular complexity index is 642. The van der Waals surface area contributed by atoms with E-state index >= 15 is 0 Å². The summed E-state index contributed by atoms with van der Waals surface area (Å²) in [7, 11) is 0. The maximum Gasteiger partial charge on any atom is 0.127 e. The number of fused-ring (bicyclic) bond motifs is 1. The molecular formula is C16H17ClN2O. The van der Waals surface area contributed by atoms with Crippen LogP contribution in [0, 0.1) is 6.92 Å². The second kappa shape index (κ2) is 5.44. The first-order chi connectivity index (χ1) is 9.72. The summed E-state index contributed by atoms with van der Waals surface area (Å²) in [5, 5.41) is 0.747. The summed E-state index contributed by atoms with van der Waals surface area (Å²) >= 11 is 6.22. The molecule has 1 aliphatic heterocycles. The fraction of sp³-hybridized carbons (Fsp3) is 0.250. The highest BCUT2D eigenvalue weighted by atomic mass is 35.5. The normalized spacial score (nSPS) is 14.8. The lowest BCUT2D eigenvalue weighted by atomic mass is 9.93. The molecule has 20 heavy (non-hydrogen) atoms. The van der Waals surface area contributed by atoms with Crippen LogP contribution in [0.4, 0.5) is 0 Å². The van der Waals surface area contributed by atoms with Crippen LogP contribution in [0.5, 0.6) is 5.75 Å². The lowest BCUT2D eigenvalue weighted by molar-refractivity contribution is 0.350. The number of benzene rings is 2. The van der Waals surface area contributed by atoms with E-state index in [9.17, 15) is 0 Å². The van der Waals surface area contributed by atoms with E-state index in [1.807, 2.05) is 31.2 Å². The van der Waals surface area contributed by atoms with Crippen LogP contribution in [0.15, 0.2) is 36.4 Å². The molecule has 0 aromatic heterocycles. The van der Waals surface area contributed by atoms with Gasteiger partial charge in [-0.3, -0.25) is 5.84 Å². The van der Waals surface area contributed by atoms with E-state index in [-0.39, 0.29) is 6.04 Å². The van der Waals surface area contributed by atoms with E-state index in [0.717, 1.165) is 40.5 Å². The molecular weight excluding hydrogens is 272 g/mol. The Labute approximate surface area is 123 Å². The average molecular weight is 289 g/mol. The second-order valence-corrected chi connectivity index (χ2v) is 5.39. The van der Waals surface area contributed by atoms with E-state index in [1.165, 1.54) is 5.56 Å². The van der Waals surface area contributed by atoms with Gasteiger partial charge in [-0.25, -0.2) is 5.43 Å². The minimum Gasteiger partial charge on any atom is -0.493 e. The summed E-state index contributed by atoms with van der Waals surface area (Å²) in [5.41, 5.74) is 7.30. The van der Waals surface area contributed by atoms with Crippen LogP contribution < -0.4 is 16.0 Å². The van der Waals surface area contributed by atoms with Gasteiger partial charge in [0, 0.05) is 17.0 Å². The molecule has 3 nitrogen and oxygen atoms in total. The first-order valence-corrected chi connectivity index (χ1v) is 7.06. The van der Waals surface area contributed by atoms with Gasteiger partial charge < -0.3 is 4.74 Å². The number of rotatable bonds is 3. The highest BCUT2D eigenvalue weighted by Gasteiger charge is 2.24. The molecule has 3 rings (SSSR count). The van der Waals surface area contributed by atoms with Gasteiger partial charge in [-0.2, -0.15) is 0 Å². The fourth-order valence-corrected chi connectivity index (χ4v) is 2.93. The van der Waals surface area contributed by atoms with Crippen molar-refractivity contribution >= 4 is 11.6 Å². The van der Waals surface area contributed by atoms with E-state index in [2.05, 4.69) is 17.6 Å². The van der Waals surface area contributed by atoms with Gasteiger partial charge in [0.25, 0.3) is 0 Å². The zero-order valence-electron chi connectivity index (χ0n) is 11.3. The summed E-state index contributed by atoms with van der Waals surface area (Å²) in [6, 6.07) is 12.0. The molecule has 1 atom stereocenters. The molecule has 0 aliphatic carbocycles. The summed E-state index contributed by atoms with van der Waals surface area (Å²) in [6.07, 6.45) is 0.953. The monoisotopic (exact) mass is 288 g/mol. The first kappa shape index (κ1) is 13.4. The van der Waals surface area contributed by atoms with Crippen molar-refractivity contribution in [3.05, 3.63) is 63.7 Å². The van der Waals surface area contributed by atoms with Crippen molar-refractivity contribution < 1.29 is 4.74 Å². The third-order valence-corrected chi connectivity index (χ3v) is 4.25. The largest absolute Gasteiger partial charge is 0.493 e. The third-order valence-electron chi connectivity index (χ3n) is 3.84. The van der Waals surface area contributed by atoms with Crippen LogP contribution in [0.2, 0.25) is 5.02 Å². The molecule has 104 valence electrons. The van der Waals surface area contributed by atoms with Crippen LogP contribution in [-0.4, -0.2) is 6.61 Å². The zero-order chi connectivity index (χ0) is 14.1.